The number of rotatable bonds is 5. The number of benzene rings is 1. The lowest BCUT2D eigenvalue weighted by Crippen LogP contribution is -2.16. The van der Waals surface area contributed by atoms with Crippen LogP contribution in [-0.2, 0) is 11.9 Å². The van der Waals surface area contributed by atoms with Crippen LogP contribution in [0.4, 0.5) is 19.0 Å². The monoisotopic (exact) mass is 357 g/mol. The van der Waals surface area contributed by atoms with Gasteiger partial charge in [-0.05, 0) is 17.7 Å². The fraction of sp³-hybridized carbons (Fsp3) is 0.267. The van der Waals surface area contributed by atoms with Crippen molar-refractivity contribution in [2.75, 3.05) is 19.0 Å². The highest BCUT2D eigenvalue weighted by Gasteiger charge is 2.34. The summed E-state index contributed by atoms with van der Waals surface area (Å²) >= 11 is 1.05. The van der Waals surface area contributed by atoms with Gasteiger partial charge in [0.05, 0.1) is 5.56 Å². The van der Waals surface area contributed by atoms with E-state index < -0.39 is 17.8 Å². The molecule has 0 radical (unpaired) electrons. The molecule has 0 saturated heterocycles. The molecule has 1 N–H and O–H groups in total. The number of halogens is 3. The molecule has 1 aromatic heterocycles. The van der Waals surface area contributed by atoms with Crippen LogP contribution in [0, 0.1) is 0 Å². The lowest BCUT2D eigenvalue weighted by Gasteiger charge is -2.15. The zero-order valence-electron chi connectivity index (χ0n) is 12.8. The van der Waals surface area contributed by atoms with Gasteiger partial charge in [0.1, 0.15) is 5.82 Å². The minimum absolute atomic E-state index is 0.0100. The number of aromatic nitrogens is 2. The highest BCUT2D eigenvalue weighted by atomic mass is 32.2. The van der Waals surface area contributed by atoms with Gasteiger partial charge in [0, 0.05) is 25.9 Å². The molecule has 24 heavy (non-hydrogen) atoms. The van der Waals surface area contributed by atoms with Gasteiger partial charge < -0.3 is 10.0 Å². The van der Waals surface area contributed by atoms with Crippen molar-refractivity contribution in [3.63, 3.8) is 0 Å². The predicted octanol–water partition coefficient (Wildman–Crippen LogP) is 3.55. The smallest absolute Gasteiger partial charge is 0.433 e. The quantitative estimate of drug-likeness (QED) is 0.652. The molecule has 0 atom stereocenters. The normalized spacial score (nSPS) is 11.4. The summed E-state index contributed by atoms with van der Waals surface area (Å²) in [6, 6.07) is 6.99. The molecule has 0 saturated carbocycles. The number of anilines is 1. The number of carbonyl (C=O) groups is 1. The molecule has 0 fully saturated rings. The standard InChI is InChI=1S/C15H14F3N3O2S/c1-21(2)12-7-11(15(16,17)18)19-14(20-12)24-8-9-3-5-10(6-4-9)13(22)23/h3-7H,8H2,1-2H3,(H,22,23). The zero-order chi connectivity index (χ0) is 17.9. The molecule has 128 valence electrons. The summed E-state index contributed by atoms with van der Waals surface area (Å²) in [6.45, 7) is 0. The summed E-state index contributed by atoms with van der Waals surface area (Å²) in [5.41, 5.74) is -0.0868. The molecule has 5 nitrogen and oxygen atoms in total. The van der Waals surface area contributed by atoms with Crippen molar-refractivity contribution < 1.29 is 23.1 Å². The molecular formula is C15H14F3N3O2S. The number of hydrogen-bond acceptors (Lipinski definition) is 5. The summed E-state index contributed by atoms with van der Waals surface area (Å²) in [6.07, 6.45) is -4.55. The molecule has 2 aromatic rings. The molecular weight excluding hydrogens is 343 g/mol. The summed E-state index contributed by atoms with van der Waals surface area (Å²) in [5, 5.41) is 8.85. The average Bonchev–Trinajstić information content (AvgIpc) is 2.52. The van der Waals surface area contributed by atoms with Crippen LogP contribution in [0.1, 0.15) is 21.6 Å². The largest absolute Gasteiger partial charge is 0.478 e. The lowest BCUT2D eigenvalue weighted by atomic mass is 10.1. The number of nitrogens with zero attached hydrogens (tertiary/aromatic N) is 3. The second-order valence-electron chi connectivity index (χ2n) is 5.08. The van der Waals surface area contributed by atoms with Gasteiger partial charge in [0.15, 0.2) is 10.9 Å². The maximum Gasteiger partial charge on any atom is 0.433 e. The van der Waals surface area contributed by atoms with Crippen molar-refractivity contribution >= 4 is 23.5 Å². The Morgan fingerprint density at radius 1 is 1.21 bits per heavy atom. The maximum absolute atomic E-state index is 12.9. The van der Waals surface area contributed by atoms with Crippen LogP contribution in [-0.4, -0.2) is 35.1 Å². The van der Waals surface area contributed by atoms with Crippen molar-refractivity contribution in [2.45, 2.75) is 17.1 Å². The SMILES string of the molecule is CN(C)c1cc(C(F)(F)F)nc(SCc2ccc(C(=O)O)cc2)n1. The Morgan fingerprint density at radius 3 is 2.33 bits per heavy atom. The van der Waals surface area contributed by atoms with E-state index in [1.807, 2.05) is 0 Å². The minimum atomic E-state index is -4.55. The summed E-state index contributed by atoms with van der Waals surface area (Å²) in [4.78, 5) is 19.9. The van der Waals surface area contributed by atoms with Gasteiger partial charge in [-0.15, -0.1) is 0 Å². The van der Waals surface area contributed by atoms with Crippen LogP contribution >= 0.6 is 11.8 Å². The van der Waals surface area contributed by atoms with Crippen molar-refractivity contribution in [1.29, 1.82) is 0 Å². The van der Waals surface area contributed by atoms with E-state index in [2.05, 4.69) is 9.97 Å². The fourth-order valence-corrected chi connectivity index (χ4v) is 2.55. The molecule has 0 bridgehead atoms. The van der Waals surface area contributed by atoms with Gasteiger partial charge in [-0.1, -0.05) is 23.9 Å². The molecule has 0 unspecified atom stereocenters. The van der Waals surface area contributed by atoms with E-state index in [9.17, 15) is 18.0 Å². The van der Waals surface area contributed by atoms with E-state index >= 15 is 0 Å². The zero-order valence-corrected chi connectivity index (χ0v) is 13.6. The van der Waals surface area contributed by atoms with E-state index in [4.69, 9.17) is 5.11 Å². The van der Waals surface area contributed by atoms with E-state index in [-0.39, 0.29) is 16.5 Å². The molecule has 0 amide bonds. The second-order valence-corrected chi connectivity index (χ2v) is 6.02. The summed E-state index contributed by atoms with van der Waals surface area (Å²) in [5.74, 6) is -0.541. The Balaban J connectivity index is 2.19. The average molecular weight is 357 g/mol. The van der Waals surface area contributed by atoms with Gasteiger partial charge in [-0.3, -0.25) is 0 Å². The summed E-state index contributed by atoms with van der Waals surface area (Å²) in [7, 11) is 3.20. The maximum atomic E-state index is 12.9. The number of hydrogen-bond donors (Lipinski definition) is 1. The first-order chi connectivity index (χ1) is 11.2. The van der Waals surface area contributed by atoms with Crippen molar-refractivity contribution in [3.8, 4) is 0 Å². The van der Waals surface area contributed by atoms with E-state index in [1.165, 1.54) is 17.0 Å². The highest BCUT2D eigenvalue weighted by Crippen LogP contribution is 2.31. The first-order valence-electron chi connectivity index (χ1n) is 6.75. The van der Waals surface area contributed by atoms with Crippen molar-refractivity contribution in [1.82, 2.24) is 9.97 Å². The predicted molar refractivity (Wildman–Crippen MR) is 84.3 cm³/mol. The molecule has 2 rings (SSSR count). The van der Waals surface area contributed by atoms with Gasteiger partial charge in [0.2, 0.25) is 0 Å². The van der Waals surface area contributed by atoms with Gasteiger partial charge >= 0.3 is 12.1 Å². The van der Waals surface area contributed by atoms with E-state index in [1.54, 1.807) is 26.2 Å². The van der Waals surface area contributed by atoms with Crippen molar-refractivity contribution in [3.05, 3.63) is 47.2 Å². The third-order valence-corrected chi connectivity index (χ3v) is 3.93. The van der Waals surface area contributed by atoms with Crippen LogP contribution in [0.25, 0.3) is 0 Å². The molecule has 9 heteroatoms. The van der Waals surface area contributed by atoms with Gasteiger partial charge in [0.25, 0.3) is 0 Å². The Labute approximate surface area is 140 Å². The fourth-order valence-electron chi connectivity index (χ4n) is 1.74. The molecule has 0 aliphatic heterocycles. The molecule has 0 spiro atoms. The number of carboxylic acids is 1. The van der Waals surface area contributed by atoms with Crippen LogP contribution < -0.4 is 4.90 Å². The van der Waals surface area contributed by atoms with E-state index in [0.717, 1.165) is 23.4 Å². The Kier molecular flexibility index (Phi) is 5.33. The van der Waals surface area contributed by atoms with Crippen LogP contribution in [0.15, 0.2) is 35.5 Å². The van der Waals surface area contributed by atoms with Crippen LogP contribution in [0.3, 0.4) is 0 Å². The molecule has 0 aliphatic carbocycles. The Morgan fingerprint density at radius 2 is 1.83 bits per heavy atom. The number of thioether (sulfide) groups is 1. The number of carboxylic acid groups (broad SMARTS) is 1. The van der Waals surface area contributed by atoms with Gasteiger partial charge in [-0.2, -0.15) is 13.2 Å². The molecule has 1 aromatic carbocycles. The third-order valence-electron chi connectivity index (χ3n) is 3.01. The number of aromatic carboxylic acids is 1. The highest BCUT2D eigenvalue weighted by molar-refractivity contribution is 7.98. The summed E-state index contributed by atoms with van der Waals surface area (Å²) < 4.78 is 38.8. The van der Waals surface area contributed by atoms with Crippen molar-refractivity contribution in [2.24, 2.45) is 0 Å². The van der Waals surface area contributed by atoms with Crippen LogP contribution in [0.5, 0.6) is 0 Å². The Bertz CT molecular complexity index is 734. The topological polar surface area (TPSA) is 66.3 Å². The lowest BCUT2D eigenvalue weighted by molar-refractivity contribution is -0.141. The molecule has 1 heterocycles. The number of alkyl halides is 3. The Hall–Kier alpha value is -2.29. The molecule has 0 aliphatic rings. The first-order valence-corrected chi connectivity index (χ1v) is 7.74. The second kappa shape index (κ2) is 7.08. The van der Waals surface area contributed by atoms with Crippen LogP contribution in [0.2, 0.25) is 0 Å². The third kappa shape index (κ3) is 4.60. The van der Waals surface area contributed by atoms with Gasteiger partial charge in [-0.25, -0.2) is 14.8 Å². The van der Waals surface area contributed by atoms with E-state index in [0.29, 0.717) is 5.75 Å². The minimum Gasteiger partial charge on any atom is -0.478 e. The first kappa shape index (κ1) is 18.1.